The zero-order valence-corrected chi connectivity index (χ0v) is 36.9. The predicted molar refractivity (Wildman–Crippen MR) is 214 cm³/mol. The molecule has 48 heavy (non-hydrogen) atoms. The molecule has 2 saturated carbocycles. The molecule has 2 aliphatic carbocycles. The molecule has 0 amide bonds. The van der Waals surface area contributed by atoms with Crippen molar-refractivity contribution in [2.24, 2.45) is 22.0 Å². The van der Waals surface area contributed by atoms with Crippen molar-refractivity contribution < 1.29 is 22.4 Å². The number of rotatable bonds is 10. The highest BCUT2D eigenvalue weighted by atomic mass is 32.2. The molecule has 0 aromatic carbocycles. The van der Waals surface area contributed by atoms with E-state index in [1.165, 1.54) is 25.7 Å². The summed E-state index contributed by atoms with van der Waals surface area (Å²) >= 11 is 0. The number of aliphatic hydroxyl groups is 1. The third-order valence-corrected chi connectivity index (χ3v) is 20.5. The molecular weight excluding hydrogens is 675 g/mol. The van der Waals surface area contributed by atoms with Crippen LogP contribution in [0.4, 0.5) is 0 Å². The molecule has 0 radical (unpaired) electrons. The number of hydrogen-bond donors (Lipinski definition) is 3. The van der Waals surface area contributed by atoms with Crippen LogP contribution in [0.5, 0.6) is 0 Å². The van der Waals surface area contributed by atoms with Crippen molar-refractivity contribution >= 4 is 44.8 Å². The van der Waals surface area contributed by atoms with Gasteiger partial charge in [0.1, 0.15) is 17.0 Å². The van der Waals surface area contributed by atoms with Crippen molar-refractivity contribution in [1.29, 1.82) is 0 Å². The molecule has 0 spiro atoms. The Labute approximate surface area is 302 Å². The molecule has 2 aliphatic rings. The Morgan fingerprint density at radius 2 is 1.25 bits per heavy atom. The lowest BCUT2D eigenvalue weighted by molar-refractivity contribution is 0.275. The molecule has 8 nitrogen and oxygen atoms in total. The molecule has 0 unspecified atom stereocenters. The molecule has 0 saturated heterocycles. The average Bonchev–Trinajstić information content (AvgIpc) is 3.85. The number of nitrogens with one attached hydrogen (secondary N) is 1. The van der Waals surface area contributed by atoms with Crippen molar-refractivity contribution in [3.63, 3.8) is 0 Å². The summed E-state index contributed by atoms with van der Waals surface area (Å²) in [5, 5.41) is 8.81. The van der Waals surface area contributed by atoms with Crippen LogP contribution in [0.1, 0.15) is 109 Å². The highest BCUT2D eigenvalue weighted by Gasteiger charge is 2.38. The van der Waals surface area contributed by atoms with Gasteiger partial charge in [-0.05, 0) is 103 Å². The monoisotopic (exact) mass is 745 g/mol. The first-order valence-electron chi connectivity index (χ1n) is 17.3. The summed E-state index contributed by atoms with van der Waals surface area (Å²) in [5.41, 5.74) is 5.33. The van der Waals surface area contributed by atoms with E-state index in [2.05, 4.69) is 101 Å². The summed E-state index contributed by atoms with van der Waals surface area (Å²) in [6, 6.07) is -0.486. The van der Waals surface area contributed by atoms with Gasteiger partial charge >= 0.3 is 0 Å². The van der Waals surface area contributed by atoms with Crippen LogP contribution in [-0.2, 0) is 30.8 Å². The van der Waals surface area contributed by atoms with E-state index in [0.717, 1.165) is 0 Å². The second-order valence-corrected chi connectivity index (χ2v) is 31.3. The number of hydrogen-bond acceptors (Lipinski definition) is 6. The van der Waals surface area contributed by atoms with E-state index in [-0.39, 0.29) is 38.3 Å². The molecule has 2 rings (SSSR count). The predicted octanol–water partition coefficient (Wildman–Crippen LogP) is 7.10. The largest absolute Gasteiger partial charge is 0.414 e. The topological polar surface area (TPSA) is 123 Å². The minimum absolute atomic E-state index is 0.0281. The molecule has 0 bridgehead atoms. The Kier molecular flexibility index (Phi) is 19.5. The van der Waals surface area contributed by atoms with E-state index >= 15 is 0 Å². The fraction of sp³-hybridized carbons (Fsp3) is 0.861. The van der Waals surface area contributed by atoms with Gasteiger partial charge in [0, 0.05) is 18.1 Å². The Morgan fingerprint density at radius 1 is 0.812 bits per heavy atom. The molecule has 0 aliphatic heterocycles. The maximum absolute atomic E-state index is 12.3. The van der Waals surface area contributed by atoms with Crippen LogP contribution < -0.4 is 10.5 Å². The van der Waals surface area contributed by atoms with Gasteiger partial charge < -0.3 is 19.7 Å². The number of nitrogens with zero attached hydrogens (tertiary/aromatic N) is 1. The first-order chi connectivity index (χ1) is 21.5. The Hall–Kier alpha value is -0.676. The Bertz CT molecular complexity index is 1180. The minimum atomic E-state index is -1.81. The quantitative estimate of drug-likeness (QED) is 0.125. The molecule has 0 aromatic heterocycles. The maximum atomic E-state index is 12.3. The van der Waals surface area contributed by atoms with Crippen LogP contribution >= 0.6 is 0 Å². The van der Waals surface area contributed by atoms with E-state index in [1.807, 2.05) is 41.5 Å². The third-order valence-electron chi connectivity index (χ3n) is 8.53. The molecule has 4 N–H and O–H groups in total. The zero-order chi connectivity index (χ0) is 37.8. The number of aliphatic hydroxyl groups excluding tert-OH is 1. The van der Waals surface area contributed by atoms with Gasteiger partial charge in [0.25, 0.3) is 0 Å². The first-order valence-corrected chi connectivity index (χ1v) is 25.4. The fourth-order valence-corrected chi connectivity index (χ4v) is 5.77. The van der Waals surface area contributed by atoms with Crippen molar-refractivity contribution in [3.8, 4) is 23.7 Å². The summed E-state index contributed by atoms with van der Waals surface area (Å²) in [4.78, 5) is 0. The van der Waals surface area contributed by atoms with Gasteiger partial charge in [0.05, 0.1) is 46.3 Å². The molecule has 4 atom stereocenters. The summed E-state index contributed by atoms with van der Waals surface area (Å²) in [7, 11) is -5.83. The highest BCUT2D eigenvalue weighted by molar-refractivity contribution is 7.85. The molecule has 280 valence electrons. The average molecular weight is 746 g/mol. The van der Waals surface area contributed by atoms with Gasteiger partial charge in [-0.15, -0.1) is 0 Å². The summed E-state index contributed by atoms with van der Waals surface area (Å²) in [6.07, 6.45) is 6.47. The summed E-state index contributed by atoms with van der Waals surface area (Å²) < 4.78 is 42.8. The summed E-state index contributed by atoms with van der Waals surface area (Å²) in [5.74, 6) is 13.4. The van der Waals surface area contributed by atoms with Crippen LogP contribution in [0.25, 0.3) is 0 Å². The second kappa shape index (κ2) is 19.8. The van der Waals surface area contributed by atoms with E-state index in [9.17, 15) is 8.42 Å². The zero-order valence-electron chi connectivity index (χ0n) is 33.3. The van der Waals surface area contributed by atoms with Crippen molar-refractivity contribution in [2.45, 2.75) is 167 Å². The Balaban J connectivity index is 0.000000749. The number of nitrogens with two attached hydrogens (primary N) is 1. The van der Waals surface area contributed by atoms with Gasteiger partial charge in [-0.25, -0.2) is 13.1 Å². The van der Waals surface area contributed by atoms with Crippen LogP contribution in [0.15, 0.2) is 4.40 Å². The van der Waals surface area contributed by atoms with Crippen LogP contribution in [-0.4, -0.2) is 77.8 Å². The standard InChI is InChI=1S/C17H33NO2SSi.C12H27NO2SSi.C7H11NO/c1-16(2,3)21(19)18-15(12-11-14-9-10-14)13-20-22(7,8)17(4,5)6;1-11(2,3)16(14)13-9-10-15-17(7,8)12(4,5)6;8-7(5-9)4-3-6-1-2-6/h14-15,18H,9-10,13H2,1-8H3;9H,10H2,1-8H3;6-7,9H,1-2,5,8H2/t15-,21-;16-;7-/m000/s1. The Morgan fingerprint density at radius 3 is 1.62 bits per heavy atom. The summed E-state index contributed by atoms with van der Waals surface area (Å²) in [6.45, 7) is 34.7. The lowest BCUT2D eigenvalue weighted by atomic mass is 10.2. The van der Waals surface area contributed by atoms with Crippen LogP contribution in [0.2, 0.25) is 36.3 Å². The van der Waals surface area contributed by atoms with Crippen LogP contribution in [0, 0.1) is 35.5 Å². The highest BCUT2D eigenvalue weighted by Crippen LogP contribution is 2.37. The molecule has 2 fully saturated rings. The second-order valence-electron chi connectivity index (χ2n) is 17.8. The van der Waals surface area contributed by atoms with E-state index in [4.69, 9.17) is 19.7 Å². The van der Waals surface area contributed by atoms with Crippen molar-refractivity contribution in [1.82, 2.24) is 4.72 Å². The van der Waals surface area contributed by atoms with E-state index < -0.39 is 38.6 Å². The SMILES string of the molecule is CC(C)(C)[S@](=O)N=CCO[Si](C)(C)C(C)(C)C.CC(C)(C)[S@](=O)N[C@@H](C#CC1CC1)CO[Si](C)(C)C(C)(C)C.N[C@@H](C#CC1CC1)CO. The molecule has 0 aromatic rings. The maximum Gasteiger partial charge on any atom is 0.192 e. The smallest absolute Gasteiger partial charge is 0.192 e. The van der Waals surface area contributed by atoms with Crippen molar-refractivity contribution in [2.75, 3.05) is 19.8 Å². The first kappa shape index (κ1) is 47.3. The van der Waals surface area contributed by atoms with Gasteiger partial charge in [-0.1, -0.05) is 65.2 Å². The lowest BCUT2D eigenvalue weighted by Gasteiger charge is -2.37. The van der Waals surface area contributed by atoms with Gasteiger partial charge in [-0.2, -0.15) is 4.40 Å². The van der Waals surface area contributed by atoms with Gasteiger partial charge in [0.2, 0.25) is 0 Å². The lowest BCUT2D eigenvalue weighted by Crippen LogP contribution is -2.47. The normalized spacial score (nSPS) is 18.5. The minimum Gasteiger partial charge on any atom is -0.414 e. The van der Waals surface area contributed by atoms with Crippen LogP contribution in [0.3, 0.4) is 0 Å². The molecular formula is C36H71N3O5S2Si2. The van der Waals surface area contributed by atoms with Gasteiger partial charge in [0.15, 0.2) is 16.6 Å². The third kappa shape index (κ3) is 20.9. The molecule has 12 heteroatoms. The van der Waals surface area contributed by atoms with Crippen molar-refractivity contribution in [3.05, 3.63) is 0 Å². The van der Waals surface area contributed by atoms with E-state index in [1.54, 1.807) is 6.21 Å². The van der Waals surface area contributed by atoms with Gasteiger partial charge in [-0.3, -0.25) is 0 Å². The molecule has 0 heterocycles. The van der Waals surface area contributed by atoms with E-state index in [0.29, 0.717) is 25.0 Å². The fourth-order valence-electron chi connectivity index (χ4n) is 2.58.